The number of anilines is 1. The van der Waals surface area contributed by atoms with Gasteiger partial charge in [0.2, 0.25) is 0 Å². The number of furan rings is 1. The van der Waals surface area contributed by atoms with Gasteiger partial charge in [0.05, 0.1) is 18.1 Å². The summed E-state index contributed by atoms with van der Waals surface area (Å²) >= 11 is 0. The molecule has 0 saturated heterocycles. The van der Waals surface area contributed by atoms with E-state index in [1.807, 2.05) is 6.92 Å². The quantitative estimate of drug-likeness (QED) is 0.841. The van der Waals surface area contributed by atoms with Gasteiger partial charge < -0.3 is 9.73 Å². The third-order valence-electron chi connectivity index (χ3n) is 2.96. The van der Waals surface area contributed by atoms with Crippen LogP contribution in [0, 0.1) is 13.8 Å². The molecule has 0 radical (unpaired) electrons. The lowest BCUT2D eigenvalue weighted by Gasteiger charge is -2.09. The summed E-state index contributed by atoms with van der Waals surface area (Å²) in [5, 5.41) is 3.12. The highest BCUT2D eigenvalue weighted by atomic mass is 32.2. The summed E-state index contributed by atoms with van der Waals surface area (Å²) in [5.74, 6) is 0.961. The standard InChI is InChI=1S/C13H18N4O3S/c1-4-14-7-12-9(2)20-10(3)13(12)21(18,19)17-11-5-15-8-16-6-11/h5-6,8,14,17H,4,7H2,1-3H3. The fraction of sp³-hybridized carbons (Fsp3) is 0.385. The molecule has 2 rings (SSSR count). The molecule has 0 aliphatic heterocycles. The molecule has 2 N–H and O–H groups in total. The van der Waals surface area contributed by atoms with Crippen molar-refractivity contribution in [1.29, 1.82) is 0 Å². The van der Waals surface area contributed by atoms with Crippen LogP contribution in [0.3, 0.4) is 0 Å². The van der Waals surface area contributed by atoms with E-state index < -0.39 is 10.0 Å². The lowest BCUT2D eigenvalue weighted by Crippen LogP contribution is -2.19. The molecule has 0 saturated carbocycles. The predicted molar refractivity (Wildman–Crippen MR) is 78.4 cm³/mol. The van der Waals surface area contributed by atoms with E-state index in [4.69, 9.17) is 4.42 Å². The number of nitrogens with one attached hydrogen (secondary N) is 2. The monoisotopic (exact) mass is 310 g/mol. The lowest BCUT2D eigenvalue weighted by molar-refractivity contribution is 0.493. The highest BCUT2D eigenvalue weighted by Crippen LogP contribution is 2.28. The van der Waals surface area contributed by atoms with Gasteiger partial charge >= 0.3 is 0 Å². The van der Waals surface area contributed by atoms with Gasteiger partial charge in [-0.15, -0.1) is 0 Å². The van der Waals surface area contributed by atoms with Crippen LogP contribution < -0.4 is 10.0 Å². The van der Waals surface area contributed by atoms with Crippen LogP contribution in [0.1, 0.15) is 24.0 Å². The largest absolute Gasteiger partial charge is 0.465 e. The molecule has 2 heterocycles. The summed E-state index contributed by atoms with van der Waals surface area (Å²) in [6, 6.07) is 0. The van der Waals surface area contributed by atoms with Crippen molar-refractivity contribution >= 4 is 15.7 Å². The lowest BCUT2D eigenvalue weighted by atomic mass is 10.2. The van der Waals surface area contributed by atoms with Gasteiger partial charge in [0, 0.05) is 12.1 Å². The topological polar surface area (TPSA) is 97.1 Å². The van der Waals surface area contributed by atoms with E-state index in [9.17, 15) is 8.42 Å². The van der Waals surface area contributed by atoms with Crippen molar-refractivity contribution in [3.05, 3.63) is 35.8 Å². The van der Waals surface area contributed by atoms with Gasteiger partial charge in [-0.1, -0.05) is 6.92 Å². The first-order valence-corrected chi connectivity index (χ1v) is 8.01. The molecule has 0 atom stereocenters. The van der Waals surface area contributed by atoms with E-state index >= 15 is 0 Å². The molecular formula is C13H18N4O3S. The maximum Gasteiger partial charge on any atom is 0.265 e. The Morgan fingerprint density at radius 3 is 2.48 bits per heavy atom. The number of sulfonamides is 1. The smallest absolute Gasteiger partial charge is 0.265 e. The average Bonchev–Trinajstić information content (AvgIpc) is 2.72. The van der Waals surface area contributed by atoms with Crippen LogP contribution >= 0.6 is 0 Å². The van der Waals surface area contributed by atoms with Crippen molar-refractivity contribution in [3.63, 3.8) is 0 Å². The minimum atomic E-state index is -3.75. The molecule has 8 heteroatoms. The van der Waals surface area contributed by atoms with Crippen molar-refractivity contribution < 1.29 is 12.8 Å². The maximum absolute atomic E-state index is 12.6. The van der Waals surface area contributed by atoms with Crippen LogP contribution in [-0.4, -0.2) is 24.9 Å². The maximum atomic E-state index is 12.6. The van der Waals surface area contributed by atoms with Crippen LogP contribution in [-0.2, 0) is 16.6 Å². The molecule has 0 aliphatic rings. The summed E-state index contributed by atoms with van der Waals surface area (Å²) < 4.78 is 33.1. The zero-order chi connectivity index (χ0) is 15.5. The minimum absolute atomic E-state index is 0.171. The first-order chi connectivity index (χ1) is 9.95. The molecule has 0 bridgehead atoms. The van der Waals surface area contributed by atoms with Crippen LogP contribution in [0.2, 0.25) is 0 Å². The van der Waals surface area contributed by atoms with Gasteiger partial charge in [-0.05, 0) is 20.4 Å². The van der Waals surface area contributed by atoms with Crippen LogP contribution in [0.5, 0.6) is 0 Å². The SMILES string of the molecule is CCNCc1c(C)oc(C)c1S(=O)(=O)Nc1cncnc1. The van der Waals surface area contributed by atoms with Gasteiger partial charge in [0.1, 0.15) is 22.7 Å². The molecule has 0 spiro atoms. The fourth-order valence-electron chi connectivity index (χ4n) is 2.07. The third-order valence-corrected chi connectivity index (χ3v) is 4.53. The summed E-state index contributed by atoms with van der Waals surface area (Å²) in [5.41, 5.74) is 0.948. The molecule has 0 unspecified atom stereocenters. The third kappa shape index (κ3) is 3.40. The van der Waals surface area contributed by atoms with Gasteiger partial charge in [-0.2, -0.15) is 0 Å². The normalized spacial score (nSPS) is 11.6. The Kier molecular flexibility index (Phi) is 4.59. The first-order valence-electron chi connectivity index (χ1n) is 6.53. The first kappa shape index (κ1) is 15.5. The molecular weight excluding hydrogens is 292 g/mol. The number of aryl methyl sites for hydroxylation is 2. The molecule has 114 valence electrons. The molecule has 0 aliphatic carbocycles. The van der Waals surface area contributed by atoms with Crippen LogP contribution in [0.15, 0.2) is 28.0 Å². The van der Waals surface area contributed by atoms with Crippen molar-refractivity contribution in [2.75, 3.05) is 11.3 Å². The summed E-state index contributed by atoms with van der Waals surface area (Å²) in [7, 11) is -3.75. The van der Waals surface area contributed by atoms with Crippen molar-refractivity contribution in [2.45, 2.75) is 32.2 Å². The highest BCUT2D eigenvalue weighted by Gasteiger charge is 2.26. The fourth-order valence-corrected chi connectivity index (χ4v) is 3.55. The zero-order valence-electron chi connectivity index (χ0n) is 12.2. The zero-order valence-corrected chi connectivity index (χ0v) is 13.0. The van der Waals surface area contributed by atoms with E-state index in [1.54, 1.807) is 13.8 Å². The Morgan fingerprint density at radius 2 is 1.86 bits per heavy atom. The Bertz CT molecular complexity index is 711. The van der Waals surface area contributed by atoms with Gasteiger partial charge in [0.25, 0.3) is 10.0 Å². The van der Waals surface area contributed by atoms with Gasteiger partial charge in [0.15, 0.2) is 0 Å². The minimum Gasteiger partial charge on any atom is -0.465 e. The molecule has 21 heavy (non-hydrogen) atoms. The molecule has 7 nitrogen and oxygen atoms in total. The average molecular weight is 310 g/mol. The molecule has 2 aromatic rings. The predicted octanol–water partition coefficient (Wildman–Crippen LogP) is 1.60. The second-order valence-electron chi connectivity index (χ2n) is 4.54. The Labute approximate surface area is 123 Å². The van der Waals surface area contributed by atoms with Gasteiger partial charge in [-0.25, -0.2) is 18.4 Å². The summed E-state index contributed by atoms with van der Waals surface area (Å²) in [4.78, 5) is 7.75. The van der Waals surface area contributed by atoms with E-state index in [0.29, 0.717) is 29.3 Å². The Morgan fingerprint density at radius 1 is 1.19 bits per heavy atom. The molecule has 2 aromatic heterocycles. The Hall–Kier alpha value is -1.93. The van der Waals surface area contributed by atoms with E-state index in [0.717, 1.165) is 6.54 Å². The number of hydrogen-bond acceptors (Lipinski definition) is 6. The second-order valence-corrected chi connectivity index (χ2v) is 6.15. The molecule has 0 amide bonds. The number of aromatic nitrogens is 2. The molecule has 0 fully saturated rings. The van der Waals surface area contributed by atoms with Crippen molar-refractivity contribution in [2.24, 2.45) is 0 Å². The van der Waals surface area contributed by atoms with Crippen LogP contribution in [0.4, 0.5) is 5.69 Å². The number of nitrogens with zero attached hydrogens (tertiary/aromatic N) is 2. The number of hydrogen-bond donors (Lipinski definition) is 2. The summed E-state index contributed by atoms with van der Waals surface area (Å²) in [6.07, 6.45) is 4.13. The van der Waals surface area contributed by atoms with Crippen molar-refractivity contribution in [3.8, 4) is 0 Å². The van der Waals surface area contributed by atoms with Crippen LogP contribution in [0.25, 0.3) is 0 Å². The van der Waals surface area contributed by atoms with E-state index in [1.165, 1.54) is 18.7 Å². The Balaban J connectivity index is 2.40. The highest BCUT2D eigenvalue weighted by molar-refractivity contribution is 7.92. The summed E-state index contributed by atoms with van der Waals surface area (Å²) in [6.45, 7) is 6.52. The molecule has 0 aromatic carbocycles. The second kappa shape index (κ2) is 6.23. The van der Waals surface area contributed by atoms with Crippen molar-refractivity contribution in [1.82, 2.24) is 15.3 Å². The van der Waals surface area contributed by atoms with E-state index in [-0.39, 0.29) is 4.90 Å². The van der Waals surface area contributed by atoms with E-state index in [2.05, 4.69) is 20.0 Å². The number of rotatable bonds is 6. The van der Waals surface area contributed by atoms with Gasteiger partial charge in [-0.3, -0.25) is 4.72 Å².